The van der Waals surface area contributed by atoms with E-state index in [9.17, 15) is 14.7 Å². The third kappa shape index (κ3) is 3.72. The van der Waals surface area contributed by atoms with Crippen molar-refractivity contribution in [2.45, 2.75) is 25.5 Å². The second-order valence-corrected chi connectivity index (χ2v) is 7.13. The maximum atomic E-state index is 12.6. The summed E-state index contributed by atoms with van der Waals surface area (Å²) in [7, 11) is 0. The summed E-state index contributed by atoms with van der Waals surface area (Å²) < 4.78 is 5.70. The highest BCUT2D eigenvalue weighted by Gasteiger charge is 2.32. The number of benzene rings is 3. The lowest BCUT2D eigenvalue weighted by Gasteiger charge is -2.19. The van der Waals surface area contributed by atoms with E-state index in [-0.39, 0.29) is 6.42 Å². The van der Waals surface area contributed by atoms with E-state index < -0.39 is 24.2 Å². The molecule has 0 unspecified atom stereocenters. The summed E-state index contributed by atoms with van der Waals surface area (Å²) in [6, 6.07) is 22.0. The predicted octanol–water partition coefficient (Wildman–Crippen LogP) is 4.49. The number of alkyl carbamates (subject to hydrolysis) is 1. The number of aliphatic carboxylic acids is 1. The summed E-state index contributed by atoms with van der Waals surface area (Å²) >= 11 is 0. The minimum Gasteiger partial charge on any atom is -0.480 e. The van der Waals surface area contributed by atoms with E-state index in [1.54, 1.807) is 0 Å². The minimum atomic E-state index is -1.10. The van der Waals surface area contributed by atoms with Gasteiger partial charge in [-0.25, -0.2) is 9.59 Å². The van der Waals surface area contributed by atoms with Crippen LogP contribution in [-0.4, -0.2) is 23.2 Å². The van der Waals surface area contributed by atoms with Gasteiger partial charge in [0.15, 0.2) is 6.10 Å². The van der Waals surface area contributed by atoms with Gasteiger partial charge in [0.1, 0.15) is 6.04 Å². The van der Waals surface area contributed by atoms with Crippen LogP contribution < -0.4 is 5.32 Å². The van der Waals surface area contributed by atoms with Crippen molar-refractivity contribution in [3.05, 3.63) is 95.1 Å². The monoisotopic (exact) mass is 387 g/mol. The molecule has 0 aliphatic heterocycles. The molecule has 5 heteroatoms. The van der Waals surface area contributed by atoms with Crippen LogP contribution in [0.3, 0.4) is 0 Å². The molecule has 0 saturated heterocycles. The number of fused-ring (bicyclic) bond motifs is 3. The number of carbonyl (C=O) groups is 2. The smallest absolute Gasteiger partial charge is 0.408 e. The highest BCUT2D eigenvalue weighted by atomic mass is 16.6. The van der Waals surface area contributed by atoms with E-state index in [1.807, 2.05) is 79.7 Å². The van der Waals surface area contributed by atoms with Gasteiger partial charge in [-0.15, -0.1) is 0 Å². The molecule has 3 aromatic carbocycles. The molecular weight excluding hydrogens is 366 g/mol. The number of aryl methyl sites for hydroxylation is 1. The van der Waals surface area contributed by atoms with E-state index in [0.29, 0.717) is 0 Å². The summed E-state index contributed by atoms with van der Waals surface area (Å²) in [6.45, 7) is 1.92. The van der Waals surface area contributed by atoms with Gasteiger partial charge in [0, 0.05) is 17.5 Å². The molecule has 0 fully saturated rings. The van der Waals surface area contributed by atoms with Crippen LogP contribution in [0.2, 0.25) is 0 Å². The summed E-state index contributed by atoms with van der Waals surface area (Å²) in [5.74, 6) is -1.10. The van der Waals surface area contributed by atoms with Gasteiger partial charge in [0.2, 0.25) is 0 Å². The van der Waals surface area contributed by atoms with Gasteiger partial charge in [-0.2, -0.15) is 0 Å². The third-order valence-electron chi connectivity index (χ3n) is 5.28. The van der Waals surface area contributed by atoms with E-state index in [2.05, 4.69) is 5.32 Å². The zero-order valence-corrected chi connectivity index (χ0v) is 16.0. The number of rotatable bonds is 5. The van der Waals surface area contributed by atoms with Crippen LogP contribution in [0.15, 0.2) is 72.8 Å². The first-order valence-electron chi connectivity index (χ1n) is 9.47. The fourth-order valence-electron chi connectivity index (χ4n) is 3.78. The van der Waals surface area contributed by atoms with Gasteiger partial charge in [-0.3, -0.25) is 0 Å². The van der Waals surface area contributed by atoms with E-state index in [1.165, 1.54) is 0 Å². The maximum absolute atomic E-state index is 12.6. The molecule has 0 bridgehead atoms. The lowest BCUT2D eigenvalue weighted by molar-refractivity contribution is -0.139. The van der Waals surface area contributed by atoms with Crippen molar-refractivity contribution in [1.82, 2.24) is 5.32 Å². The fourth-order valence-corrected chi connectivity index (χ4v) is 3.78. The molecule has 29 heavy (non-hydrogen) atoms. The zero-order chi connectivity index (χ0) is 20.4. The number of carbonyl (C=O) groups excluding carboxylic acids is 1. The first kappa shape index (κ1) is 18.7. The number of hydrogen-bond donors (Lipinski definition) is 2. The first-order chi connectivity index (χ1) is 14.0. The van der Waals surface area contributed by atoms with Gasteiger partial charge in [0.05, 0.1) is 0 Å². The molecule has 5 nitrogen and oxygen atoms in total. The number of hydrogen-bond acceptors (Lipinski definition) is 3. The molecule has 1 aliphatic rings. The Morgan fingerprint density at radius 2 is 1.48 bits per heavy atom. The van der Waals surface area contributed by atoms with Gasteiger partial charge in [-0.05, 0) is 29.2 Å². The molecule has 0 aromatic heterocycles. The Balaban J connectivity index is 1.53. The molecule has 1 amide bonds. The van der Waals surface area contributed by atoms with Crippen LogP contribution in [0, 0.1) is 6.92 Å². The Kier molecular flexibility index (Phi) is 5.04. The average molecular weight is 387 g/mol. The minimum absolute atomic E-state index is 0.189. The Morgan fingerprint density at radius 3 is 2.07 bits per heavy atom. The van der Waals surface area contributed by atoms with Crippen molar-refractivity contribution in [1.29, 1.82) is 0 Å². The second-order valence-electron chi connectivity index (χ2n) is 7.13. The normalized spacial score (nSPS) is 13.3. The topological polar surface area (TPSA) is 75.6 Å². The molecule has 1 atom stereocenters. The first-order valence-corrected chi connectivity index (χ1v) is 9.47. The van der Waals surface area contributed by atoms with Crippen LogP contribution in [-0.2, 0) is 16.0 Å². The molecule has 146 valence electrons. The van der Waals surface area contributed by atoms with E-state index in [0.717, 1.165) is 33.4 Å². The molecule has 3 aromatic rings. The molecule has 0 heterocycles. The quantitative estimate of drug-likeness (QED) is 0.676. The Labute approximate surface area is 169 Å². The van der Waals surface area contributed by atoms with Crippen LogP contribution in [0.5, 0.6) is 0 Å². The molecule has 0 radical (unpaired) electrons. The Bertz CT molecular complexity index is 1030. The third-order valence-corrected chi connectivity index (χ3v) is 5.28. The van der Waals surface area contributed by atoms with Crippen molar-refractivity contribution in [3.8, 4) is 11.1 Å². The number of amides is 1. The molecule has 1 aliphatic carbocycles. The van der Waals surface area contributed by atoms with Crippen molar-refractivity contribution >= 4 is 12.1 Å². The zero-order valence-electron chi connectivity index (χ0n) is 16.0. The van der Waals surface area contributed by atoms with Gasteiger partial charge in [-0.1, -0.05) is 72.8 Å². The lowest BCUT2D eigenvalue weighted by atomic mass is 10.0. The predicted molar refractivity (Wildman–Crippen MR) is 110 cm³/mol. The summed E-state index contributed by atoms with van der Waals surface area (Å²) in [4.78, 5) is 24.3. The Hall–Kier alpha value is -3.60. The molecule has 0 saturated carbocycles. The second kappa shape index (κ2) is 7.80. The summed E-state index contributed by atoms with van der Waals surface area (Å²) in [5, 5.41) is 12.1. The van der Waals surface area contributed by atoms with E-state index in [4.69, 9.17) is 4.74 Å². The summed E-state index contributed by atoms with van der Waals surface area (Å²) in [6.07, 6.45) is -1.12. The lowest BCUT2D eigenvalue weighted by Crippen LogP contribution is -2.43. The van der Waals surface area contributed by atoms with E-state index >= 15 is 0 Å². The van der Waals surface area contributed by atoms with Gasteiger partial charge in [0.25, 0.3) is 0 Å². The van der Waals surface area contributed by atoms with Crippen LogP contribution in [0.4, 0.5) is 4.79 Å². The molecule has 0 spiro atoms. The highest BCUT2D eigenvalue weighted by Crippen LogP contribution is 2.44. The van der Waals surface area contributed by atoms with Crippen molar-refractivity contribution < 1.29 is 19.4 Å². The van der Waals surface area contributed by atoms with Crippen LogP contribution in [0.25, 0.3) is 11.1 Å². The largest absolute Gasteiger partial charge is 0.480 e. The number of ether oxygens (including phenoxy) is 1. The summed E-state index contributed by atoms with van der Waals surface area (Å²) in [5.41, 5.74) is 5.69. The van der Waals surface area contributed by atoms with Crippen molar-refractivity contribution in [2.24, 2.45) is 0 Å². The average Bonchev–Trinajstić information content (AvgIpc) is 3.03. The Morgan fingerprint density at radius 1 is 0.931 bits per heavy atom. The van der Waals surface area contributed by atoms with Gasteiger partial charge < -0.3 is 15.2 Å². The van der Waals surface area contributed by atoms with Crippen molar-refractivity contribution in [2.75, 3.05) is 0 Å². The highest BCUT2D eigenvalue weighted by molar-refractivity contribution is 5.82. The van der Waals surface area contributed by atoms with Crippen LogP contribution in [0.1, 0.15) is 28.4 Å². The SMILES string of the molecule is Cc1ccccc1C[C@@H](NC(=O)OC1c2ccccc2-c2ccccc21)C(=O)O. The molecule has 4 rings (SSSR count). The number of nitrogens with one attached hydrogen (secondary N) is 1. The fraction of sp³-hybridized carbons (Fsp3) is 0.167. The number of carboxylic acid groups (broad SMARTS) is 1. The van der Waals surface area contributed by atoms with Crippen LogP contribution >= 0.6 is 0 Å². The molecule has 2 N–H and O–H groups in total. The number of carboxylic acids is 1. The maximum Gasteiger partial charge on any atom is 0.408 e. The van der Waals surface area contributed by atoms with Crippen molar-refractivity contribution in [3.63, 3.8) is 0 Å². The standard InChI is InChI=1S/C24H21NO4/c1-15-8-2-3-9-16(15)14-21(23(26)27)25-24(28)29-22-19-12-6-4-10-17(19)18-11-5-7-13-20(18)22/h2-13,21-22H,14H2,1H3,(H,25,28)(H,26,27)/t21-/m1/s1. The van der Waals surface area contributed by atoms with Gasteiger partial charge >= 0.3 is 12.1 Å². The molecular formula is C24H21NO4.